The van der Waals surface area contributed by atoms with E-state index in [2.05, 4.69) is 20.9 Å². The lowest BCUT2D eigenvalue weighted by molar-refractivity contribution is -0.385. The summed E-state index contributed by atoms with van der Waals surface area (Å²) >= 11 is 4.42. The van der Waals surface area contributed by atoms with Crippen molar-refractivity contribution in [2.45, 2.75) is 33.7 Å². The maximum Gasteiger partial charge on any atom is 0.338 e. The Morgan fingerprint density at radius 3 is 2.66 bits per heavy atom. The highest BCUT2D eigenvalue weighted by atomic mass is 79.9. The summed E-state index contributed by atoms with van der Waals surface area (Å²) in [5.41, 5.74) is 1.36. The first-order chi connectivity index (χ1) is 18.1. The van der Waals surface area contributed by atoms with E-state index in [0.717, 1.165) is 11.3 Å². The van der Waals surface area contributed by atoms with Crippen LogP contribution in [0.4, 0.5) is 5.69 Å². The second kappa shape index (κ2) is 10.9. The zero-order valence-corrected chi connectivity index (χ0v) is 23.4. The number of esters is 1. The molecule has 0 fully saturated rings. The number of thiazole rings is 1. The van der Waals surface area contributed by atoms with E-state index in [1.54, 1.807) is 58.0 Å². The normalized spacial score (nSPS) is 15.2. The molecule has 0 radical (unpaired) electrons. The van der Waals surface area contributed by atoms with Crippen molar-refractivity contribution in [1.29, 1.82) is 0 Å². The van der Waals surface area contributed by atoms with E-state index in [1.807, 2.05) is 0 Å². The Balaban J connectivity index is 1.98. The number of nitrogens with zero attached hydrogens (tertiary/aromatic N) is 3. The van der Waals surface area contributed by atoms with Crippen molar-refractivity contribution < 1.29 is 24.3 Å². The van der Waals surface area contributed by atoms with E-state index in [9.17, 15) is 24.8 Å². The number of rotatable bonds is 7. The number of benzene rings is 2. The molecule has 0 saturated carbocycles. The van der Waals surface area contributed by atoms with Gasteiger partial charge in [-0.3, -0.25) is 19.5 Å². The standard InChI is InChI=1S/C26H24BrN3O7S/c1-5-36-19-10-15(9-17(27)23(19)31)11-20-24(32)29-22(16-8-7-13(3)18(12-16)30(34)35)21(25(33)37-6-2)14(4)28-26(29)38-20/h7-12,22,31H,5-6H2,1-4H3/b20-11+/t22-/m0/s1. The molecule has 0 aliphatic carbocycles. The highest BCUT2D eigenvalue weighted by molar-refractivity contribution is 9.10. The van der Waals surface area contributed by atoms with Crippen molar-refractivity contribution in [2.75, 3.05) is 13.2 Å². The van der Waals surface area contributed by atoms with E-state index >= 15 is 0 Å². The van der Waals surface area contributed by atoms with Crippen LogP contribution in [-0.4, -0.2) is 33.8 Å². The van der Waals surface area contributed by atoms with Gasteiger partial charge in [0.05, 0.1) is 44.5 Å². The van der Waals surface area contributed by atoms with Crippen molar-refractivity contribution in [3.8, 4) is 11.5 Å². The summed E-state index contributed by atoms with van der Waals surface area (Å²) in [6.07, 6.45) is 1.63. The summed E-state index contributed by atoms with van der Waals surface area (Å²) < 4.78 is 12.8. The molecule has 38 heavy (non-hydrogen) atoms. The molecular weight excluding hydrogens is 578 g/mol. The predicted molar refractivity (Wildman–Crippen MR) is 145 cm³/mol. The third-order valence-electron chi connectivity index (χ3n) is 5.91. The molecule has 2 aromatic carbocycles. The second-order valence-corrected chi connectivity index (χ2v) is 10.3. The number of nitro groups is 1. The minimum Gasteiger partial charge on any atom is -0.503 e. The number of aryl methyl sites for hydroxylation is 1. The number of fused-ring (bicyclic) bond motifs is 1. The molecule has 0 saturated heterocycles. The fourth-order valence-corrected chi connectivity index (χ4v) is 5.70. The maximum atomic E-state index is 13.8. The van der Waals surface area contributed by atoms with Crippen LogP contribution in [0, 0.1) is 17.0 Å². The Morgan fingerprint density at radius 1 is 1.26 bits per heavy atom. The molecule has 4 rings (SSSR count). The van der Waals surface area contributed by atoms with Gasteiger partial charge >= 0.3 is 5.97 Å². The van der Waals surface area contributed by atoms with Crippen molar-refractivity contribution in [3.05, 3.63) is 92.6 Å². The molecule has 198 valence electrons. The Bertz CT molecular complexity index is 1670. The molecule has 0 amide bonds. The number of carbonyl (C=O) groups excluding carboxylic acids is 1. The van der Waals surface area contributed by atoms with Gasteiger partial charge in [-0.25, -0.2) is 9.79 Å². The number of nitro benzene ring substituents is 1. The number of aromatic hydroxyl groups is 1. The number of ether oxygens (including phenoxy) is 2. The number of phenolic OH excluding ortho intramolecular Hbond substituents is 1. The zero-order chi connectivity index (χ0) is 27.7. The summed E-state index contributed by atoms with van der Waals surface area (Å²) in [6.45, 7) is 7.17. The fourth-order valence-electron chi connectivity index (χ4n) is 4.19. The number of hydrogen-bond acceptors (Lipinski definition) is 9. The topological polar surface area (TPSA) is 133 Å². The van der Waals surface area contributed by atoms with Gasteiger partial charge in [-0.15, -0.1) is 0 Å². The molecule has 3 aromatic rings. The third kappa shape index (κ3) is 5.01. The van der Waals surface area contributed by atoms with Crippen LogP contribution in [0.2, 0.25) is 0 Å². The van der Waals surface area contributed by atoms with Crippen LogP contribution in [-0.2, 0) is 9.53 Å². The average molecular weight is 602 g/mol. The number of aromatic nitrogens is 1. The lowest BCUT2D eigenvalue weighted by Crippen LogP contribution is -2.40. The quantitative estimate of drug-likeness (QED) is 0.247. The Labute approximate surface area is 229 Å². The van der Waals surface area contributed by atoms with E-state index in [4.69, 9.17) is 9.47 Å². The number of halogens is 1. The van der Waals surface area contributed by atoms with Gasteiger partial charge in [0.1, 0.15) is 0 Å². The Kier molecular flexibility index (Phi) is 7.83. The van der Waals surface area contributed by atoms with E-state index < -0.39 is 22.5 Å². The number of phenols is 1. The van der Waals surface area contributed by atoms with Gasteiger partial charge in [0.2, 0.25) is 0 Å². The van der Waals surface area contributed by atoms with Gasteiger partial charge in [0.25, 0.3) is 11.2 Å². The number of allylic oxidation sites excluding steroid dienone is 1. The average Bonchev–Trinajstić information content (AvgIpc) is 3.16. The molecule has 1 aliphatic heterocycles. The van der Waals surface area contributed by atoms with Gasteiger partial charge in [-0.1, -0.05) is 23.5 Å². The summed E-state index contributed by atoms with van der Waals surface area (Å²) in [7, 11) is 0. The molecule has 10 nitrogen and oxygen atoms in total. The first-order valence-corrected chi connectivity index (χ1v) is 13.3. The highest BCUT2D eigenvalue weighted by Crippen LogP contribution is 2.36. The van der Waals surface area contributed by atoms with Crippen molar-refractivity contribution in [3.63, 3.8) is 0 Å². The van der Waals surface area contributed by atoms with Crippen LogP contribution in [0.1, 0.15) is 43.5 Å². The van der Waals surface area contributed by atoms with Crippen molar-refractivity contribution in [2.24, 2.45) is 4.99 Å². The monoisotopic (exact) mass is 601 g/mol. The number of carbonyl (C=O) groups is 1. The van der Waals surface area contributed by atoms with E-state index in [1.165, 1.54) is 10.6 Å². The molecule has 1 N–H and O–H groups in total. The van der Waals surface area contributed by atoms with Gasteiger partial charge < -0.3 is 14.6 Å². The van der Waals surface area contributed by atoms with Crippen LogP contribution < -0.4 is 19.6 Å². The van der Waals surface area contributed by atoms with E-state index in [-0.39, 0.29) is 29.4 Å². The molecule has 1 atom stereocenters. The summed E-state index contributed by atoms with van der Waals surface area (Å²) in [5, 5.41) is 21.9. The van der Waals surface area contributed by atoms with Crippen molar-refractivity contribution in [1.82, 2.24) is 4.57 Å². The SMILES string of the molecule is CCOC(=O)C1=C(C)N=c2s/c(=C/c3cc(Br)c(O)c(OCC)c3)c(=O)n2[C@H]1c1ccc(C)c([N+](=O)[O-])c1. The lowest BCUT2D eigenvalue weighted by Gasteiger charge is -2.24. The molecule has 0 unspecified atom stereocenters. The van der Waals surface area contributed by atoms with Crippen molar-refractivity contribution >= 4 is 45.0 Å². The maximum absolute atomic E-state index is 13.8. The first-order valence-electron chi connectivity index (χ1n) is 11.7. The van der Waals surface area contributed by atoms with Gasteiger partial charge in [0.15, 0.2) is 16.3 Å². The van der Waals surface area contributed by atoms with Crippen LogP contribution in [0.3, 0.4) is 0 Å². The summed E-state index contributed by atoms with van der Waals surface area (Å²) in [5.74, 6) is -0.451. The molecule has 0 spiro atoms. The second-order valence-electron chi connectivity index (χ2n) is 8.39. The van der Waals surface area contributed by atoms with Crippen LogP contribution in [0.25, 0.3) is 6.08 Å². The summed E-state index contributed by atoms with van der Waals surface area (Å²) in [4.78, 5) is 42.8. The van der Waals surface area contributed by atoms with E-state index in [0.29, 0.717) is 42.8 Å². The summed E-state index contributed by atoms with van der Waals surface area (Å²) in [6, 6.07) is 6.90. The first kappa shape index (κ1) is 27.3. The minimum absolute atomic E-state index is 0.0545. The predicted octanol–water partition coefficient (Wildman–Crippen LogP) is 3.88. The molecule has 0 bridgehead atoms. The smallest absolute Gasteiger partial charge is 0.338 e. The fraction of sp³-hybridized carbons (Fsp3) is 0.269. The van der Waals surface area contributed by atoms with Gasteiger partial charge in [0, 0.05) is 11.6 Å². The van der Waals surface area contributed by atoms with Crippen LogP contribution in [0.5, 0.6) is 11.5 Å². The van der Waals surface area contributed by atoms with Gasteiger partial charge in [-0.05, 0) is 73.0 Å². The molecule has 2 heterocycles. The Morgan fingerprint density at radius 2 is 2.00 bits per heavy atom. The molecular formula is C26H24BrN3O7S. The third-order valence-corrected chi connectivity index (χ3v) is 7.50. The number of hydrogen-bond donors (Lipinski definition) is 1. The molecule has 12 heteroatoms. The van der Waals surface area contributed by atoms with Crippen LogP contribution in [0.15, 0.2) is 55.9 Å². The Hall–Kier alpha value is -3.77. The minimum atomic E-state index is -0.975. The lowest BCUT2D eigenvalue weighted by atomic mass is 9.94. The largest absolute Gasteiger partial charge is 0.503 e. The van der Waals surface area contributed by atoms with Crippen LogP contribution >= 0.6 is 27.3 Å². The zero-order valence-electron chi connectivity index (χ0n) is 21.0. The van der Waals surface area contributed by atoms with Gasteiger partial charge in [-0.2, -0.15) is 0 Å². The highest BCUT2D eigenvalue weighted by Gasteiger charge is 2.34. The molecule has 1 aliphatic rings. The molecule has 1 aromatic heterocycles.